The van der Waals surface area contributed by atoms with Gasteiger partial charge in [-0.1, -0.05) is 0 Å². The van der Waals surface area contributed by atoms with Gasteiger partial charge in [-0.3, -0.25) is 0 Å². The second-order valence-corrected chi connectivity index (χ2v) is 0.651. The predicted molar refractivity (Wildman–Crippen MR) is 12.7 cm³/mol. The van der Waals surface area contributed by atoms with Crippen molar-refractivity contribution in [2.24, 2.45) is 0 Å². The molecule has 0 radical (unpaired) electrons. The quantitative estimate of drug-likeness (QED) is 0.425. The Kier molecular flexibility index (Phi) is 12.5. The van der Waals surface area contributed by atoms with Crippen LogP contribution in [0.3, 0.4) is 0 Å². The maximum Gasteiger partial charge on any atom is 1.00 e. The van der Waals surface area contributed by atoms with Crippen LogP contribution < -0.4 is 68.9 Å². The molecule has 0 saturated carbocycles. The third-order valence-corrected chi connectivity index (χ3v) is 0. The molecule has 0 aliphatic carbocycles. The zero-order valence-corrected chi connectivity index (χ0v) is 9.77. The van der Waals surface area contributed by atoms with Gasteiger partial charge in [-0.25, -0.2) is 4.21 Å². The minimum Gasteiger partial charge on any atom is -1.00 e. The average molecular weight is 215 g/mol. The van der Waals surface area contributed by atoms with Gasteiger partial charge in [-0.2, -0.15) is 0 Å². The first kappa shape index (κ1) is 10.2. The van der Waals surface area contributed by atoms with Gasteiger partial charge >= 0.3 is 68.9 Å². The van der Waals surface area contributed by atoms with Crippen LogP contribution in [0.4, 0.5) is 0 Å². The fourth-order valence-corrected chi connectivity index (χ4v) is 0. The monoisotopic (exact) mass is 215 g/mol. The molecule has 0 rings (SSSR count). The molecule has 1 N–H and O–H groups in total. The van der Waals surface area contributed by atoms with Crippen molar-refractivity contribution in [1.29, 1.82) is 0 Å². The number of hydrogen-bond donors (Lipinski definition) is 1. The number of rotatable bonds is 0. The molecule has 0 aromatic heterocycles. The summed E-state index contributed by atoms with van der Waals surface area (Å²) in [6.07, 6.45) is 0. The Morgan fingerprint density at radius 3 is 2.00 bits per heavy atom. The second-order valence-electron chi connectivity index (χ2n) is 0.217. The maximum absolute atomic E-state index is 8.56. The fourth-order valence-electron chi connectivity index (χ4n) is 0. The van der Waals surface area contributed by atoms with E-state index in [0.29, 0.717) is 0 Å². The molecule has 0 aromatic rings. The van der Waals surface area contributed by atoms with Crippen LogP contribution in [0.25, 0.3) is 0 Å². The van der Waals surface area contributed by atoms with E-state index in [0.717, 1.165) is 0 Å². The van der Waals surface area contributed by atoms with Gasteiger partial charge in [0.2, 0.25) is 0 Å². The first-order valence-electron chi connectivity index (χ1n) is 0.516. The standard InChI is InChI=1S/Cs.H2O3S.H/c;1-4(2)3;/h;(H2,1,2,3);/q+1;;-1/p-1. The predicted octanol–water partition coefficient (Wildman–Crippen LogP) is -3.54. The van der Waals surface area contributed by atoms with Crippen LogP contribution >= 0.6 is 0 Å². The van der Waals surface area contributed by atoms with Crippen molar-refractivity contribution >= 4 is 11.4 Å². The van der Waals surface area contributed by atoms with Gasteiger partial charge in [0, 0.05) is 0 Å². The van der Waals surface area contributed by atoms with Crippen molar-refractivity contribution in [3.8, 4) is 0 Å². The van der Waals surface area contributed by atoms with E-state index in [9.17, 15) is 0 Å². The number of hydrogen-bond acceptors (Lipinski definition) is 2. The smallest absolute Gasteiger partial charge is 1.00 e. The summed E-state index contributed by atoms with van der Waals surface area (Å²) in [7, 11) is 0. The van der Waals surface area contributed by atoms with E-state index in [4.69, 9.17) is 13.3 Å². The fraction of sp³-hybridized carbons (Fsp3) is 0. The largest absolute Gasteiger partial charge is 1.00 e. The molecule has 0 heterocycles. The summed E-state index contributed by atoms with van der Waals surface area (Å²) >= 11 is -2.86. The van der Waals surface area contributed by atoms with Crippen molar-refractivity contribution in [3.05, 3.63) is 0 Å². The third kappa shape index (κ3) is 23.1. The molecule has 0 aromatic carbocycles. The van der Waals surface area contributed by atoms with E-state index in [-0.39, 0.29) is 70.3 Å². The van der Waals surface area contributed by atoms with Crippen LogP contribution in [0, 0.1) is 0 Å². The van der Waals surface area contributed by atoms with Crippen molar-refractivity contribution < 1.29 is 83.6 Å². The Morgan fingerprint density at radius 1 is 2.00 bits per heavy atom. The van der Waals surface area contributed by atoms with Crippen LogP contribution in [-0.4, -0.2) is 13.3 Å². The van der Waals surface area contributed by atoms with Gasteiger partial charge in [0.15, 0.2) is 0 Å². The van der Waals surface area contributed by atoms with E-state index in [1.165, 1.54) is 0 Å². The first-order chi connectivity index (χ1) is 1.73. The SMILES string of the molecule is O=S([O-])O.[Cs+].[H-]. The van der Waals surface area contributed by atoms with Gasteiger partial charge in [0.1, 0.15) is 0 Å². The van der Waals surface area contributed by atoms with Gasteiger partial charge in [-0.05, 0) is 0 Å². The van der Waals surface area contributed by atoms with E-state index in [2.05, 4.69) is 0 Å². The molecule has 3 nitrogen and oxygen atoms in total. The van der Waals surface area contributed by atoms with Crippen molar-refractivity contribution in [3.63, 3.8) is 0 Å². The van der Waals surface area contributed by atoms with Crippen LogP contribution in [0.1, 0.15) is 1.43 Å². The molecular formula is H2CsO3S-. The Morgan fingerprint density at radius 2 is 2.00 bits per heavy atom. The minimum atomic E-state index is -2.86. The van der Waals surface area contributed by atoms with Crippen LogP contribution in [-0.2, 0) is 11.4 Å². The van der Waals surface area contributed by atoms with Gasteiger partial charge in [0.25, 0.3) is 0 Å². The summed E-state index contributed by atoms with van der Waals surface area (Å²) in [5.41, 5.74) is 0. The van der Waals surface area contributed by atoms with E-state index in [1.807, 2.05) is 0 Å². The molecule has 0 fully saturated rings. The summed E-state index contributed by atoms with van der Waals surface area (Å²) in [6, 6.07) is 0. The topological polar surface area (TPSA) is 60.4 Å². The van der Waals surface area contributed by atoms with Gasteiger partial charge in [-0.15, -0.1) is 0 Å². The van der Waals surface area contributed by atoms with E-state index in [1.54, 1.807) is 0 Å². The maximum atomic E-state index is 8.56. The van der Waals surface area contributed by atoms with E-state index < -0.39 is 11.4 Å². The van der Waals surface area contributed by atoms with Crippen LogP contribution in [0.15, 0.2) is 0 Å². The van der Waals surface area contributed by atoms with Gasteiger partial charge in [0.05, 0.1) is 11.4 Å². The molecule has 28 valence electrons. The molecule has 5 heteroatoms. The molecule has 0 saturated heterocycles. The average Bonchev–Trinajstić information content (AvgIpc) is 0.811. The van der Waals surface area contributed by atoms with Crippen molar-refractivity contribution in [2.75, 3.05) is 0 Å². The summed E-state index contributed by atoms with van der Waals surface area (Å²) in [6.45, 7) is 0. The van der Waals surface area contributed by atoms with Gasteiger partial charge < -0.3 is 10.5 Å². The zero-order valence-electron chi connectivity index (χ0n) is 3.67. The van der Waals surface area contributed by atoms with E-state index >= 15 is 0 Å². The van der Waals surface area contributed by atoms with Crippen molar-refractivity contribution in [1.82, 2.24) is 0 Å². The van der Waals surface area contributed by atoms with Crippen molar-refractivity contribution in [2.45, 2.75) is 0 Å². The Labute approximate surface area is 92.5 Å². The summed E-state index contributed by atoms with van der Waals surface area (Å²) in [5.74, 6) is 0. The first-order valence-corrected chi connectivity index (χ1v) is 1.55. The molecule has 0 spiro atoms. The second kappa shape index (κ2) is 6.12. The molecule has 0 amide bonds. The Balaban J connectivity index is -0.0000000450. The zero-order chi connectivity index (χ0) is 3.58. The van der Waals surface area contributed by atoms with Crippen LogP contribution in [0.5, 0.6) is 0 Å². The Hall–Kier alpha value is 2.12. The molecule has 1 unspecified atom stereocenters. The molecule has 0 aliphatic heterocycles. The molecule has 0 bridgehead atoms. The van der Waals surface area contributed by atoms with Crippen LogP contribution in [0.2, 0.25) is 0 Å². The third-order valence-electron chi connectivity index (χ3n) is 0. The molecular weight excluding hydrogens is 213 g/mol. The summed E-state index contributed by atoms with van der Waals surface area (Å²) in [4.78, 5) is 0. The Bertz CT molecular complexity index is 33.8. The minimum absolute atomic E-state index is 0. The summed E-state index contributed by atoms with van der Waals surface area (Å²) in [5, 5.41) is 0. The molecule has 5 heavy (non-hydrogen) atoms. The summed E-state index contributed by atoms with van der Waals surface area (Å²) < 4.78 is 24.1. The normalized spacial score (nSPS) is 12.4. The molecule has 0 aliphatic rings. The molecule has 1 atom stereocenters.